The minimum Gasteiger partial charge on any atom is -0.0764 e. The van der Waals surface area contributed by atoms with Crippen LogP contribution in [0.25, 0.3) is 23.3 Å². The minimum absolute atomic E-state index is 0.435. The Morgan fingerprint density at radius 3 is 2.54 bits per heavy atom. The lowest BCUT2D eigenvalue weighted by atomic mass is 9.74. The van der Waals surface area contributed by atoms with Crippen molar-refractivity contribution >= 4 is 12.2 Å². The van der Waals surface area contributed by atoms with E-state index in [1.54, 1.807) is 0 Å². The zero-order valence-electron chi connectivity index (χ0n) is 13.6. The Morgan fingerprint density at radius 2 is 1.62 bits per heavy atom. The molecule has 1 radical (unpaired) electrons. The van der Waals surface area contributed by atoms with Gasteiger partial charge in [0.15, 0.2) is 0 Å². The molecular weight excluding hydrogens is 288 g/mol. The van der Waals surface area contributed by atoms with E-state index in [0.717, 1.165) is 12.8 Å². The molecule has 1 atom stereocenters. The topological polar surface area (TPSA) is 0 Å². The average Bonchev–Trinajstić information content (AvgIpc) is 2.67. The van der Waals surface area contributed by atoms with Gasteiger partial charge in [0.2, 0.25) is 0 Å². The van der Waals surface area contributed by atoms with Gasteiger partial charge in [0.1, 0.15) is 0 Å². The summed E-state index contributed by atoms with van der Waals surface area (Å²) in [7, 11) is 0. The number of hydrogen-bond acceptors (Lipinski definition) is 0. The maximum atomic E-state index is 3.15. The third-order valence-electron chi connectivity index (χ3n) is 5.45. The van der Waals surface area contributed by atoms with Crippen LogP contribution in [0.15, 0.2) is 60.7 Å². The lowest BCUT2D eigenvalue weighted by Crippen LogP contribution is -2.33. The lowest BCUT2D eigenvalue weighted by Gasteiger charge is -2.29. The van der Waals surface area contributed by atoms with Crippen LogP contribution in [0.1, 0.15) is 35.4 Å². The van der Waals surface area contributed by atoms with Gasteiger partial charge in [-0.15, -0.1) is 0 Å². The van der Waals surface area contributed by atoms with Gasteiger partial charge < -0.3 is 0 Å². The highest BCUT2D eigenvalue weighted by Crippen LogP contribution is 2.41. The zero-order valence-corrected chi connectivity index (χ0v) is 13.6. The first-order valence-corrected chi connectivity index (χ1v) is 8.79. The van der Waals surface area contributed by atoms with Gasteiger partial charge in [-0.1, -0.05) is 72.8 Å². The van der Waals surface area contributed by atoms with Crippen molar-refractivity contribution in [2.75, 3.05) is 0 Å². The molecular formula is C24H19. The third kappa shape index (κ3) is 2.06. The summed E-state index contributed by atoms with van der Waals surface area (Å²) in [5.74, 6) is 0.435. The van der Waals surface area contributed by atoms with Crippen LogP contribution in [0.4, 0.5) is 0 Å². The molecule has 0 aliphatic heterocycles. The predicted molar refractivity (Wildman–Crippen MR) is 100 cm³/mol. The van der Waals surface area contributed by atoms with Gasteiger partial charge in [0.05, 0.1) is 0 Å². The molecule has 0 fully saturated rings. The maximum Gasteiger partial charge on any atom is 0.0136 e. The van der Waals surface area contributed by atoms with Crippen molar-refractivity contribution in [1.82, 2.24) is 0 Å². The Hall–Kier alpha value is -2.60. The number of benzene rings is 3. The number of fused-ring (bicyclic) bond motifs is 5. The van der Waals surface area contributed by atoms with E-state index in [9.17, 15) is 0 Å². The first-order valence-electron chi connectivity index (χ1n) is 8.79. The summed E-state index contributed by atoms with van der Waals surface area (Å²) >= 11 is 0. The van der Waals surface area contributed by atoms with Crippen molar-refractivity contribution in [3.8, 4) is 11.1 Å². The highest BCUT2D eigenvalue weighted by Gasteiger charge is 2.26. The molecule has 0 saturated carbocycles. The second-order valence-electron chi connectivity index (χ2n) is 6.76. The summed E-state index contributed by atoms with van der Waals surface area (Å²) in [6.07, 6.45) is 8.25. The third-order valence-corrected chi connectivity index (χ3v) is 5.45. The van der Waals surface area contributed by atoms with E-state index < -0.39 is 0 Å². The quantitative estimate of drug-likeness (QED) is 0.632. The van der Waals surface area contributed by atoms with Crippen LogP contribution >= 0.6 is 0 Å². The Kier molecular flexibility index (Phi) is 3.16. The fraction of sp³-hybridized carbons (Fsp3) is 0.167. The highest BCUT2D eigenvalue weighted by molar-refractivity contribution is 5.76. The van der Waals surface area contributed by atoms with E-state index >= 15 is 0 Å². The standard InChI is InChI=1S/C24H19/c1-2-8-17(9-3-1)23-16-24-19-11-5-4-10-18(19)14-15-22(24)20-12-6-7-13-21(20)23/h2-3,6-15,23H,4-5,16H2. The van der Waals surface area contributed by atoms with Gasteiger partial charge in [-0.05, 0) is 63.6 Å². The first kappa shape index (κ1) is 13.8. The van der Waals surface area contributed by atoms with Gasteiger partial charge in [0.25, 0.3) is 0 Å². The van der Waals surface area contributed by atoms with E-state index in [4.69, 9.17) is 0 Å². The molecule has 3 aromatic rings. The maximum absolute atomic E-state index is 3.15. The molecule has 0 amide bonds. The highest BCUT2D eigenvalue weighted by atomic mass is 14.3. The van der Waals surface area contributed by atoms with Crippen molar-refractivity contribution in [2.45, 2.75) is 25.2 Å². The van der Waals surface area contributed by atoms with Gasteiger partial charge in [-0.3, -0.25) is 0 Å². The first-order chi connectivity index (χ1) is 11.9. The van der Waals surface area contributed by atoms with Crippen LogP contribution in [-0.2, 0) is 6.42 Å². The Balaban J connectivity index is 1.81. The summed E-state index contributed by atoms with van der Waals surface area (Å²) in [5, 5.41) is 2.89. The summed E-state index contributed by atoms with van der Waals surface area (Å²) in [6, 6.07) is 25.2. The number of rotatable bonds is 1. The molecule has 2 aliphatic carbocycles. The van der Waals surface area contributed by atoms with Gasteiger partial charge in [-0.25, -0.2) is 0 Å². The summed E-state index contributed by atoms with van der Waals surface area (Å²) in [4.78, 5) is 0. The Bertz CT molecular complexity index is 1030. The molecule has 24 heavy (non-hydrogen) atoms. The predicted octanol–water partition coefficient (Wildman–Crippen LogP) is 4.20. The fourth-order valence-corrected chi connectivity index (χ4v) is 4.33. The van der Waals surface area contributed by atoms with Crippen LogP contribution in [0, 0.1) is 6.07 Å². The van der Waals surface area contributed by atoms with Crippen LogP contribution in [0.3, 0.4) is 0 Å². The van der Waals surface area contributed by atoms with Crippen LogP contribution in [-0.4, -0.2) is 0 Å². The molecule has 0 aromatic heterocycles. The molecule has 0 heterocycles. The zero-order chi connectivity index (χ0) is 15.9. The Morgan fingerprint density at radius 1 is 0.792 bits per heavy atom. The van der Waals surface area contributed by atoms with Gasteiger partial charge in [-0.2, -0.15) is 0 Å². The van der Waals surface area contributed by atoms with E-state index in [1.165, 1.54) is 44.7 Å². The van der Waals surface area contributed by atoms with Crippen molar-refractivity contribution in [3.63, 3.8) is 0 Å². The van der Waals surface area contributed by atoms with Gasteiger partial charge in [0, 0.05) is 5.92 Å². The number of hydrogen-bond donors (Lipinski definition) is 0. The molecule has 0 nitrogen and oxygen atoms in total. The lowest BCUT2D eigenvalue weighted by molar-refractivity contribution is 0.787. The second kappa shape index (κ2) is 5.49. The van der Waals surface area contributed by atoms with E-state index in [-0.39, 0.29) is 0 Å². The fourth-order valence-electron chi connectivity index (χ4n) is 4.33. The van der Waals surface area contributed by atoms with Crippen molar-refractivity contribution in [2.24, 2.45) is 0 Å². The van der Waals surface area contributed by atoms with Crippen LogP contribution < -0.4 is 10.4 Å². The minimum atomic E-state index is 0.435. The SMILES string of the molecule is [c]1ccc(C2Cc3c(ccc4c3=CCCC=4)-c3ccccc32)cc1. The Labute approximate surface area is 142 Å². The molecule has 5 rings (SSSR count). The summed E-state index contributed by atoms with van der Waals surface area (Å²) in [6.45, 7) is 0. The molecule has 0 bridgehead atoms. The largest absolute Gasteiger partial charge is 0.0764 e. The molecule has 0 heteroatoms. The van der Waals surface area contributed by atoms with Gasteiger partial charge >= 0.3 is 0 Å². The smallest absolute Gasteiger partial charge is 0.0136 e. The summed E-state index contributed by atoms with van der Waals surface area (Å²) in [5.41, 5.74) is 7.20. The van der Waals surface area contributed by atoms with Crippen molar-refractivity contribution in [3.05, 3.63) is 93.9 Å². The van der Waals surface area contributed by atoms with Crippen LogP contribution in [0.5, 0.6) is 0 Å². The molecule has 2 aliphatic rings. The molecule has 0 saturated heterocycles. The van der Waals surface area contributed by atoms with E-state index in [0.29, 0.717) is 5.92 Å². The second-order valence-corrected chi connectivity index (χ2v) is 6.76. The normalized spacial score (nSPS) is 17.8. The monoisotopic (exact) mass is 307 g/mol. The van der Waals surface area contributed by atoms with Crippen LogP contribution in [0.2, 0.25) is 0 Å². The molecule has 115 valence electrons. The summed E-state index contributed by atoms with van der Waals surface area (Å²) < 4.78 is 0. The molecule has 1 unspecified atom stereocenters. The van der Waals surface area contributed by atoms with E-state index in [1.807, 2.05) is 12.1 Å². The van der Waals surface area contributed by atoms with Crippen molar-refractivity contribution in [1.29, 1.82) is 0 Å². The van der Waals surface area contributed by atoms with E-state index in [2.05, 4.69) is 66.7 Å². The average molecular weight is 307 g/mol. The molecule has 3 aromatic carbocycles. The molecule has 0 spiro atoms. The molecule has 0 N–H and O–H groups in total. The van der Waals surface area contributed by atoms with Crippen molar-refractivity contribution < 1.29 is 0 Å².